The number of aryl methyl sites for hydroxylation is 1. The van der Waals surface area contributed by atoms with Crippen molar-refractivity contribution in [3.63, 3.8) is 0 Å². The van der Waals surface area contributed by atoms with Gasteiger partial charge >= 0.3 is 0 Å². The smallest absolute Gasteiger partial charge is 0.0705 e. The molecule has 1 aromatic carbocycles. The van der Waals surface area contributed by atoms with E-state index in [-0.39, 0.29) is 6.04 Å². The van der Waals surface area contributed by atoms with Crippen LogP contribution in [0.15, 0.2) is 30.3 Å². The van der Waals surface area contributed by atoms with Gasteiger partial charge < -0.3 is 5.73 Å². The molecule has 2 N–H and O–H groups in total. The van der Waals surface area contributed by atoms with Gasteiger partial charge in [-0.15, -0.1) is 0 Å². The molecule has 18 heavy (non-hydrogen) atoms. The molecule has 0 amide bonds. The molecule has 0 bridgehead atoms. The van der Waals surface area contributed by atoms with Crippen molar-refractivity contribution in [3.05, 3.63) is 41.6 Å². The van der Waals surface area contributed by atoms with Crippen molar-refractivity contribution in [2.75, 3.05) is 0 Å². The standard InChI is InChI=1S/C16H22N2/c1-10(2)12(4)16(17)14-7-8-15-13(9-14)6-5-11(3)18-15/h5-10,12,16H,17H2,1-4H3. The number of nitrogens with zero attached hydrogens (tertiary/aromatic N) is 1. The first-order valence-electron chi connectivity index (χ1n) is 6.62. The van der Waals surface area contributed by atoms with Gasteiger partial charge in [-0.3, -0.25) is 4.98 Å². The molecule has 0 fully saturated rings. The molecule has 1 heterocycles. The molecule has 0 aliphatic heterocycles. The number of hydrogen-bond donors (Lipinski definition) is 1. The molecule has 2 unspecified atom stereocenters. The fraction of sp³-hybridized carbons (Fsp3) is 0.438. The molecule has 0 aliphatic carbocycles. The lowest BCUT2D eigenvalue weighted by Gasteiger charge is -2.23. The summed E-state index contributed by atoms with van der Waals surface area (Å²) in [5.74, 6) is 1.06. The van der Waals surface area contributed by atoms with Crippen LogP contribution in [0.2, 0.25) is 0 Å². The van der Waals surface area contributed by atoms with Gasteiger partial charge in [0, 0.05) is 17.1 Å². The molecular weight excluding hydrogens is 220 g/mol. The van der Waals surface area contributed by atoms with Crippen LogP contribution in [-0.2, 0) is 0 Å². The molecule has 2 nitrogen and oxygen atoms in total. The highest BCUT2D eigenvalue weighted by Crippen LogP contribution is 2.27. The van der Waals surface area contributed by atoms with Crippen molar-refractivity contribution in [3.8, 4) is 0 Å². The molecule has 2 aromatic rings. The van der Waals surface area contributed by atoms with E-state index in [1.807, 2.05) is 13.0 Å². The lowest BCUT2D eigenvalue weighted by molar-refractivity contribution is 0.352. The average Bonchev–Trinajstić information content (AvgIpc) is 2.36. The minimum atomic E-state index is 0.0932. The molecule has 0 aliphatic rings. The van der Waals surface area contributed by atoms with Gasteiger partial charge in [0.25, 0.3) is 0 Å². The maximum Gasteiger partial charge on any atom is 0.0705 e. The number of fused-ring (bicyclic) bond motifs is 1. The second kappa shape index (κ2) is 5.07. The molecule has 0 radical (unpaired) electrons. The van der Waals surface area contributed by atoms with Crippen molar-refractivity contribution in [1.82, 2.24) is 4.98 Å². The van der Waals surface area contributed by atoms with Crippen LogP contribution in [0.25, 0.3) is 10.9 Å². The van der Waals surface area contributed by atoms with E-state index in [0.29, 0.717) is 11.8 Å². The van der Waals surface area contributed by atoms with Gasteiger partial charge in [0.15, 0.2) is 0 Å². The lowest BCUT2D eigenvalue weighted by atomic mass is 9.86. The fourth-order valence-electron chi connectivity index (χ4n) is 2.17. The van der Waals surface area contributed by atoms with Crippen molar-refractivity contribution in [2.45, 2.75) is 33.7 Å². The van der Waals surface area contributed by atoms with E-state index in [0.717, 1.165) is 11.2 Å². The van der Waals surface area contributed by atoms with Crippen molar-refractivity contribution in [1.29, 1.82) is 0 Å². The summed E-state index contributed by atoms with van der Waals surface area (Å²) < 4.78 is 0. The lowest BCUT2D eigenvalue weighted by Crippen LogP contribution is -2.23. The summed E-state index contributed by atoms with van der Waals surface area (Å²) in [5.41, 5.74) is 9.64. The van der Waals surface area contributed by atoms with E-state index >= 15 is 0 Å². The van der Waals surface area contributed by atoms with Crippen LogP contribution in [0.5, 0.6) is 0 Å². The van der Waals surface area contributed by atoms with E-state index in [1.165, 1.54) is 10.9 Å². The summed E-state index contributed by atoms with van der Waals surface area (Å²) >= 11 is 0. The van der Waals surface area contributed by atoms with Crippen LogP contribution in [0.1, 0.15) is 38.1 Å². The second-order valence-corrected chi connectivity index (χ2v) is 5.53. The summed E-state index contributed by atoms with van der Waals surface area (Å²) in [4.78, 5) is 4.52. The van der Waals surface area contributed by atoms with Crippen molar-refractivity contribution in [2.24, 2.45) is 17.6 Å². The Labute approximate surface area is 109 Å². The van der Waals surface area contributed by atoms with E-state index in [9.17, 15) is 0 Å². The topological polar surface area (TPSA) is 38.9 Å². The van der Waals surface area contributed by atoms with E-state index in [2.05, 4.69) is 50.0 Å². The largest absolute Gasteiger partial charge is 0.324 e. The number of nitrogens with two attached hydrogens (primary N) is 1. The first kappa shape index (κ1) is 13.0. The number of benzene rings is 1. The van der Waals surface area contributed by atoms with Crippen molar-refractivity contribution >= 4 is 10.9 Å². The summed E-state index contributed by atoms with van der Waals surface area (Å²) in [6.07, 6.45) is 0. The molecule has 2 heteroatoms. The third kappa shape index (κ3) is 2.54. The quantitative estimate of drug-likeness (QED) is 0.888. The van der Waals surface area contributed by atoms with Crippen LogP contribution in [-0.4, -0.2) is 4.98 Å². The highest BCUT2D eigenvalue weighted by molar-refractivity contribution is 5.79. The minimum absolute atomic E-state index is 0.0932. The highest BCUT2D eigenvalue weighted by Gasteiger charge is 2.18. The molecule has 0 saturated heterocycles. The van der Waals surface area contributed by atoms with Crippen LogP contribution < -0.4 is 5.73 Å². The molecule has 0 spiro atoms. The third-order valence-corrected chi connectivity index (χ3v) is 3.86. The highest BCUT2D eigenvalue weighted by atomic mass is 14.7. The molecule has 1 aromatic heterocycles. The number of rotatable bonds is 3. The Morgan fingerprint density at radius 2 is 1.78 bits per heavy atom. The van der Waals surface area contributed by atoms with Crippen molar-refractivity contribution < 1.29 is 0 Å². The van der Waals surface area contributed by atoms with Crippen LogP contribution in [0.3, 0.4) is 0 Å². The Hall–Kier alpha value is -1.41. The Morgan fingerprint density at radius 3 is 2.44 bits per heavy atom. The predicted octanol–water partition coefficient (Wildman–Crippen LogP) is 3.84. The average molecular weight is 242 g/mol. The Morgan fingerprint density at radius 1 is 1.06 bits per heavy atom. The van der Waals surface area contributed by atoms with Crippen LogP contribution in [0.4, 0.5) is 0 Å². The fourth-order valence-corrected chi connectivity index (χ4v) is 2.17. The first-order chi connectivity index (χ1) is 8.49. The summed E-state index contributed by atoms with van der Waals surface area (Å²) in [5, 5.41) is 1.17. The maximum atomic E-state index is 6.34. The van der Waals surface area contributed by atoms with Crippen LogP contribution >= 0.6 is 0 Å². The Bertz CT molecular complexity index is 546. The van der Waals surface area contributed by atoms with E-state index in [4.69, 9.17) is 5.73 Å². The van der Waals surface area contributed by atoms with Crippen LogP contribution in [0, 0.1) is 18.8 Å². The summed E-state index contributed by atoms with van der Waals surface area (Å²) in [6.45, 7) is 8.67. The first-order valence-corrected chi connectivity index (χ1v) is 6.62. The van der Waals surface area contributed by atoms with E-state index in [1.54, 1.807) is 0 Å². The molecule has 2 rings (SSSR count). The third-order valence-electron chi connectivity index (χ3n) is 3.86. The van der Waals surface area contributed by atoms with Gasteiger partial charge in [0.05, 0.1) is 5.52 Å². The van der Waals surface area contributed by atoms with Gasteiger partial charge in [-0.2, -0.15) is 0 Å². The van der Waals surface area contributed by atoms with E-state index < -0.39 is 0 Å². The normalized spacial score (nSPS) is 15.0. The predicted molar refractivity (Wildman–Crippen MR) is 77.4 cm³/mol. The van der Waals surface area contributed by atoms with Gasteiger partial charge in [-0.05, 0) is 42.5 Å². The molecule has 2 atom stereocenters. The number of hydrogen-bond acceptors (Lipinski definition) is 2. The molecular formula is C16H22N2. The monoisotopic (exact) mass is 242 g/mol. The molecule has 96 valence electrons. The second-order valence-electron chi connectivity index (χ2n) is 5.53. The van der Waals surface area contributed by atoms with Gasteiger partial charge in [-0.25, -0.2) is 0 Å². The minimum Gasteiger partial charge on any atom is -0.324 e. The van der Waals surface area contributed by atoms with Gasteiger partial charge in [0.2, 0.25) is 0 Å². The summed E-state index contributed by atoms with van der Waals surface area (Å²) in [6, 6.07) is 10.6. The zero-order valence-electron chi connectivity index (χ0n) is 11.6. The van der Waals surface area contributed by atoms with Gasteiger partial charge in [0.1, 0.15) is 0 Å². The number of aromatic nitrogens is 1. The zero-order chi connectivity index (χ0) is 13.3. The number of pyridine rings is 1. The zero-order valence-corrected chi connectivity index (χ0v) is 11.6. The Balaban J connectivity index is 2.38. The van der Waals surface area contributed by atoms with Gasteiger partial charge in [-0.1, -0.05) is 32.9 Å². The maximum absolute atomic E-state index is 6.34. The summed E-state index contributed by atoms with van der Waals surface area (Å²) in [7, 11) is 0. The Kier molecular flexibility index (Phi) is 3.67. The SMILES string of the molecule is Cc1ccc2cc(C(N)C(C)C(C)C)ccc2n1. The molecule has 0 saturated carbocycles.